The first-order chi connectivity index (χ1) is 7.43. The van der Waals surface area contributed by atoms with E-state index in [1.54, 1.807) is 0 Å². The van der Waals surface area contributed by atoms with E-state index >= 15 is 0 Å². The molecule has 0 atom stereocenters. The van der Waals surface area contributed by atoms with Gasteiger partial charge in [-0.25, -0.2) is 0 Å². The van der Waals surface area contributed by atoms with Crippen LogP contribution in [0.2, 0.25) is 0 Å². The fourth-order valence-electron chi connectivity index (χ4n) is 3.25. The van der Waals surface area contributed by atoms with Crippen LogP contribution >= 0.6 is 0 Å². The Morgan fingerprint density at radius 1 is 0.867 bits per heavy atom. The van der Waals surface area contributed by atoms with Crippen molar-refractivity contribution in [3.8, 4) is 0 Å². The van der Waals surface area contributed by atoms with Crippen LogP contribution in [0.3, 0.4) is 0 Å². The molecule has 2 saturated heterocycles. The second-order valence-electron chi connectivity index (χ2n) is 5.23. The lowest BCUT2D eigenvalue weighted by Gasteiger charge is -2.46. The van der Waals surface area contributed by atoms with Crippen LogP contribution in [0.15, 0.2) is 0 Å². The third-order valence-corrected chi connectivity index (χ3v) is 4.12. The predicted molar refractivity (Wildman–Crippen MR) is 57.9 cm³/mol. The van der Waals surface area contributed by atoms with Gasteiger partial charge in [0.25, 0.3) is 0 Å². The van der Waals surface area contributed by atoms with E-state index < -0.39 is 0 Å². The molecule has 0 N–H and O–H groups in total. The van der Waals surface area contributed by atoms with Crippen molar-refractivity contribution < 1.29 is 9.47 Å². The fraction of sp³-hybridized carbons (Fsp3) is 1.00. The second-order valence-corrected chi connectivity index (χ2v) is 5.23. The minimum atomic E-state index is 0.540. The maximum atomic E-state index is 5.61. The van der Waals surface area contributed by atoms with Crippen LogP contribution in [0, 0.1) is 5.92 Å². The molecule has 86 valence electrons. The summed E-state index contributed by atoms with van der Waals surface area (Å²) < 4.78 is 11.2. The third-order valence-electron chi connectivity index (χ3n) is 4.12. The van der Waals surface area contributed by atoms with Crippen LogP contribution in [0.4, 0.5) is 0 Å². The summed E-state index contributed by atoms with van der Waals surface area (Å²) in [5, 5.41) is 0. The van der Waals surface area contributed by atoms with Gasteiger partial charge in [0.1, 0.15) is 0 Å². The maximum Gasteiger partial charge on any atom is 0.0645 e. The number of hydrogen-bond donors (Lipinski definition) is 0. The molecular weight excluding hydrogens is 190 g/mol. The molecule has 0 unspecified atom stereocenters. The lowest BCUT2D eigenvalue weighted by atomic mass is 10.0. The van der Waals surface area contributed by atoms with E-state index in [1.807, 2.05) is 0 Å². The van der Waals surface area contributed by atoms with Crippen LogP contribution in [0.1, 0.15) is 25.7 Å². The Balaban J connectivity index is 1.62. The van der Waals surface area contributed by atoms with Gasteiger partial charge in [0.05, 0.1) is 38.5 Å². The van der Waals surface area contributed by atoms with Crippen molar-refractivity contribution in [2.75, 3.05) is 33.0 Å². The average Bonchev–Trinajstić information content (AvgIpc) is 2.70. The Hall–Kier alpha value is -0.120. The van der Waals surface area contributed by atoms with Crippen molar-refractivity contribution >= 4 is 0 Å². The van der Waals surface area contributed by atoms with Crippen LogP contribution in [0.25, 0.3) is 0 Å². The summed E-state index contributed by atoms with van der Waals surface area (Å²) in [6, 6.07) is 1.08. The fourth-order valence-corrected chi connectivity index (χ4v) is 3.25. The smallest absolute Gasteiger partial charge is 0.0645 e. The molecule has 0 aromatic heterocycles. The Morgan fingerprint density at radius 3 is 1.93 bits per heavy atom. The molecule has 2 bridgehead atoms. The van der Waals surface area contributed by atoms with Crippen molar-refractivity contribution in [3.05, 3.63) is 0 Å². The quantitative estimate of drug-likeness (QED) is 0.686. The summed E-state index contributed by atoms with van der Waals surface area (Å²) in [6.07, 6.45) is 5.77. The highest BCUT2D eigenvalue weighted by molar-refractivity contribution is 4.88. The molecule has 0 radical (unpaired) electrons. The van der Waals surface area contributed by atoms with E-state index in [9.17, 15) is 0 Å². The summed E-state index contributed by atoms with van der Waals surface area (Å²) in [5.41, 5.74) is 0. The summed E-state index contributed by atoms with van der Waals surface area (Å²) in [4.78, 5) is 2.67. The van der Waals surface area contributed by atoms with Gasteiger partial charge in [-0.2, -0.15) is 0 Å². The minimum absolute atomic E-state index is 0.540. The van der Waals surface area contributed by atoms with E-state index in [0.29, 0.717) is 12.1 Å². The van der Waals surface area contributed by atoms with Crippen LogP contribution in [-0.2, 0) is 9.47 Å². The largest absolute Gasteiger partial charge is 0.378 e. The molecule has 3 heteroatoms. The number of morpholine rings is 2. The highest BCUT2D eigenvalue weighted by Crippen LogP contribution is 2.29. The highest BCUT2D eigenvalue weighted by atomic mass is 16.5. The summed E-state index contributed by atoms with van der Waals surface area (Å²) in [7, 11) is 0. The molecule has 2 heterocycles. The zero-order valence-corrected chi connectivity index (χ0v) is 9.36. The molecule has 0 aromatic carbocycles. The predicted octanol–water partition coefficient (Wildman–Crippen LogP) is 1.28. The van der Waals surface area contributed by atoms with Gasteiger partial charge in [-0.3, -0.25) is 4.90 Å². The maximum absolute atomic E-state index is 5.61. The van der Waals surface area contributed by atoms with Gasteiger partial charge in [-0.15, -0.1) is 0 Å². The van der Waals surface area contributed by atoms with Crippen LogP contribution in [0.5, 0.6) is 0 Å². The monoisotopic (exact) mass is 211 g/mol. The van der Waals surface area contributed by atoms with E-state index in [0.717, 1.165) is 32.3 Å². The molecule has 3 nitrogen and oxygen atoms in total. The van der Waals surface area contributed by atoms with Crippen LogP contribution in [-0.4, -0.2) is 50.0 Å². The molecule has 0 amide bonds. The standard InChI is InChI=1S/C12H21NO2/c1-2-4-10(3-1)5-13-11-6-14-8-12(13)9-15-7-11/h10-12H,1-9H2. The normalized spacial score (nSPS) is 38.4. The van der Waals surface area contributed by atoms with Gasteiger partial charge in [-0.1, -0.05) is 12.8 Å². The lowest BCUT2D eigenvalue weighted by Crippen LogP contribution is -2.60. The average molecular weight is 211 g/mol. The SMILES string of the molecule is C1CCC(CN2C3COCC2COC3)C1. The van der Waals surface area contributed by atoms with Crippen molar-refractivity contribution in [2.24, 2.45) is 5.92 Å². The van der Waals surface area contributed by atoms with E-state index in [-0.39, 0.29) is 0 Å². The first-order valence-electron chi connectivity index (χ1n) is 6.35. The summed E-state index contributed by atoms with van der Waals surface area (Å²) >= 11 is 0. The second kappa shape index (κ2) is 4.40. The Labute approximate surface area is 91.7 Å². The van der Waals surface area contributed by atoms with Crippen molar-refractivity contribution in [2.45, 2.75) is 37.8 Å². The number of nitrogens with zero attached hydrogens (tertiary/aromatic N) is 1. The van der Waals surface area contributed by atoms with Gasteiger partial charge in [0, 0.05) is 6.54 Å². The summed E-state index contributed by atoms with van der Waals surface area (Å²) in [6.45, 7) is 4.81. The van der Waals surface area contributed by atoms with Crippen molar-refractivity contribution in [1.82, 2.24) is 4.90 Å². The molecule has 1 aliphatic carbocycles. The molecule has 3 fully saturated rings. The molecule has 15 heavy (non-hydrogen) atoms. The van der Waals surface area contributed by atoms with Crippen molar-refractivity contribution in [3.63, 3.8) is 0 Å². The Kier molecular flexibility index (Phi) is 2.95. The molecule has 2 aliphatic heterocycles. The zero-order chi connectivity index (χ0) is 10.1. The number of hydrogen-bond acceptors (Lipinski definition) is 3. The van der Waals surface area contributed by atoms with Gasteiger partial charge in [0.15, 0.2) is 0 Å². The molecule has 3 rings (SSSR count). The van der Waals surface area contributed by atoms with Gasteiger partial charge < -0.3 is 9.47 Å². The first-order valence-corrected chi connectivity index (χ1v) is 6.35. The van der Waals surface area contributed by atoms with Crippen molar-refractivity contribution in [1.29, 1.82) is 0 Å². The third kappa shape index (κ3) is 2.05. The number of rotatable bonds is 2. The first kappa shape index (κ1) is 10.1. The highest BCUT2D eigenvalue weighted by Gasteiger charge is 2.36. The Bertz CT molecular complexity index is 194. The van der Waals surface area contributed by atoms with Gasteiger partial charge in [0.2, 0.25) is 0 Å². The van der Waals surface area contributed by atoms with Gasteiger partial charge in [-0.05, 0) is 18.8 Å². The number of fused-ring (bicyclic) bond motifs is 2. The van der Waals surface area contributed by atoms with Gasteiger partial charge >= 0.3 is 0 Å². The Morgan fingerprint density at radius 2 is 1.40 bits per heavy atom. The lowest BCUT2D eigenvalue weighted by molar-refractivity contribution is -0.141. The molecule has 0 spiro atoms. The summed E-state index contributed by atoms with van der Waals surface area (Å²) in [5.74, 6) is 0.950. The van der Waals surface area contributed by atoms with E-state index in [2.05, 4.69) is 4.90 Å². The zero-order valence-electron chi connectivity index (χ0n) is 9.36. The molecule has 0 aromatic rings. The molecule has 3 aliphatic rings. The van der Waals surface area contributed by atoms with E-state index in [4.69, 9.17) is 9.47 Å². The minimum Gasteiger partial charge on any atom is -0.378 e. The van der Waals surface area contributed by atoms with E-state index in [1.165, 1.54) is 32.2 Å². The number of ether oxygens (including phenoxy) is 2. The molecular formula is C12H21NO2. The topological polar surface area (TPSA) is 21.7 Å². The van der Waals surface area contributed by atoms with Crippen LogP contribution < -0.4 is 0 Å². The molecule has 1 saturated carbocycles.